The van der Waals surface area contributed by atoms with Gasteiger partial charge >= 0.3 is 0 Å². The number of nitrogens with zero attached hydrogens (tertiary/aromatic N) is 1. The molecule has 1 aromatic rings. The van der Waals surface area contributed by atoms with Crippen molar-refractivity contribution in [3.05, 3.63) is 29.3 Å². The van der Waals surface area contributed by atoms with E-state index in [2.05, 4.69) is 6.92 Å². The van der Waals surface area contributed by atoms with Gasteiger partial charge in [0.25, 0.3) is 0 Å². The molecule has 1 heterocycles. The first kappa shape index (κ1) is 13.9. The minimum Gasteiger partial charge on any atom is -0.508 e. The Hall–Kier alpha value is -1.55. The van der Waals surface area contributed by atoms with E-state index in [1.54, 1.807) is 12.1 Å². The Morgan fingerprint density at radius 2 is 2.26 bits per heavy atom. The van der Waals surface area contributed by atoms with Crippen molar-refractivity contribution in [2.75, 3.05) is 13.1 Å². The molecule has 19 heavy (non-hydrogen) atoms. The average Bonchev–Trinajstić information content (AvgIpc) is 2.43. The van der Waals surface area contributed by atoms with E-state index in [0.29, 0.717) is 13.1 Å². The smallest absolute Gasteiger partial charge is 0.227 e. The molecule has 104 valence electrons. The lowest BCUT2D eigenvalue weighted by Gasteiger charge is -2.31. The molecule has 0 radical (unpaired) electrons. The quantitative estimate of drug-likeness (QED) is 0.867. The molecule has 0 bridgehead atoms. The molecule has 0 saturated heterocycles. The van der Waals surface area contributed by atoms with Gasteiger partial charge < -0.3 is 15.7 Å². The van der Waals surface area contributed by atoms with Gasteiger partial charge in [0.2, 0.25) is 5.91 Å². The fourth-order valence-corrected chi connectivity index (χ4v) is 2.68. The summed E-state index contributed by atoms with van der Waals surface area (Å²) >= 11 is 0. The largest absolute Gasteiger partial charge is 0.508 e. The van der Waals surface area contributed by atoms with E-state index in [0.717, 1.165) is 31.4 Å². The summed E-state index contributed by atoms with van der Waals surface area (Å²) in [5.74, 6) is 0.346. The molecule has 1 unspecified atom stereocenters. The molecule has 1 aromatic carbocycles. The Bertz CT molecular complexity index is 459. The number of carbonyl (C=O) groups excluding carboxylic acids is 1. The van der Waals surface area contributed by atoms with E-state index < -0.39 is 0 Å². The number of amides is 1. The number of hydrogen-bond acceptors (Lipinski definition) is 3. The first-order chi connectivity index (χ1) is 9.15. The molecule has 1 atom stereocenters. The van der Waals surface area contributed by atoms with Crippen molar-refractivity contribution in [2.45, 2.75) is 32.7 Å². The molecule has 0 fully saturated rings. The number of phenolic OH excluding ortho intramolecular Hbond substituents is 1. The van der Waals surface area contributed by atoms with Gasteiger partial charge in [-0.1, -0.05) is 19.4 Å². The minimum absolute atomic E-state index is 0.0659. The van der Waals surface area contributed by atoms with Gasteiger partial charge in [0.15, 0.2) is 0 Å². The zero-order valence-electron chi connectivity index (χ0n) is 11.4. The highest BCUT2D eigenvalue weighted by molar-refractivity contribution is 5.79. The molecule has 1 aliphatic rings. The number of nitrogens with two attached hydrogens (primary N) is 1. The van der Waals surface area contributed by atoms with Crippen LogP contribution in [0.4, 0.5) is 0 Å². The summed E-state index contributed by atoms with van der Waals surface area (Å²) in [4.78, 5) is 14.3. The van der Waals surface area contributed by atoms with Gasteiger partial charge in [-0.15, -0.1) is 0 Å². The third-order valence-electron chi connectivity index (χ3n) is 3.78. The zero-order valence-corrected chi connectivity index (χ0v) is 11.4. The highest BCUT2D eigenvalue weighted by Crippen LogP contribution is 2.24. The number of carbonyl (C=O) groups is 1. The second-order valence-electron chi connectivity index (χ2n) is 5.18. The third-order valence-corrected chi connectivity index (χ3v) is 3.78. The molecule has 1 amide bonds. The van der Waals surface area contributed by atoms with Crippen molar-refractivity contribution < 1.29 is 9.90 Å². The van der Waals surface area contributed by atoms with Gasteiger partial charge in [-0.3, -0.25) is 4.79 Å². The molecule has 4 heteroatoms. The van der Waals surface area contributed by atoms with Crippen molar-refractivity contribution in [2.24, 2.45) is 11.7 Å². The van der Waals surface area contributed by atoms with Crippen molar-refractivity contribution in [1.82, 2.24) is 4.90 Å². The lowest BCUT2D eigenvalue weighted by Crippen LogP contribution is -2.41. The number of fused-ring (bicyclic) bond motifs is 1. The van der Waals surface area contributed by atoms with Crippen molar-refractivity contribution in [3.8, 4) is 5.75 Å². The Labute approximate surface area is 114 Å². The van der Waals surface area contributed by atoms with Crippen molar-refractivity contribution in [3.63, 3.8) is 0 Å². The standard InChI is InChI=1S/C15H22N2O2/c1-2-3-12(9-16)15(19)17-7-6-11-4-5-14(18)8-13(11)10-17/h4-5,8,12,18H,2-3,6-7,9-10,16H2,1H3. The fourth-order valence-electron chi connectivity index (χ4n) is 2.68. The molecule has 4 nitrogen and oxygen atoms in total. The number of benzene rings is 1. The van der Waals surface area contributed by atoms with Crippen LogP contribution in [-0.2, 0) is 17.8 Å². The van der Waals surface area contributed by atoms with Crippen LogP contribution in [-0.4, -0.2) is 29.0 Å². The van der Waals surface area contributed by atoms with E-state index in [9.17, 15) is 9.90 Å². The monoisotopic (exact) mass is 262 g/mol. The van der Waals surface area contributed by atoms with Gasteiger partial charge in [-0.05, 0) is 36.1 Å². The maximum absolute atomic E-state index is 12.4. The Morgan fingerprint density at radius 3 is 2.95 bits per heavy atom. The van der Waals surface area contributed by atoms with Gasteiger partial charge in [0.05, 0.1) is 5.92 Å². The third kappa shape index (κ3) is 3.07. The van der Waals surface area contributed by atoms with E-state index in [1.165, 1.54) is 5.56 Å². The topological polar surface area (TPSA) is 66.6 Å². The Balaban J connectivity index is 2.10. The lowest BCUT2D eigenvalue weighted by molar-refractivity contribution is -0.136. The first-order valence-electron chi connectivity index (χ1n) is 6.95. The van der Waals surface area contributed by atoms with Crippen molar-refractivity contribution >= 4 is 5.91 Å². The highest BCUT2D eigenvalue weighted by atomic mass is 16.3. The minimum atomic E-state index is -0.0659. The van der Waals surface area contributed by atoms with Crippen LogP contribution in [0.15, 0.2) is 18.2 Å². The molecular weight excluding hydrogens is 240 g/mol. The molecule has 2 rings (SSSR count). The van der Waals surface area contributed by atoms with Gasteiger partial charge in [0, 0.05) is 19.6 Å². The molecule has 0 aromatic heterocycles. The summed E-state index contributed by atoms with van der Waals surface area (Å²) in [7, 11) is 0. The predicted molar refractivity (Wildman–Crippen MR) is 74.7 cm³/mol. The summed E-state index contributed by atoms with van der Waals surface area (Å²) in [6.07, 6.45) is 2.67. The maximum Gasteiger partial charge on any atom is 0.227 e. The fraction of sp³-hybridized carbons (Fsp3) is 0.533. The van der Waals surface area contributed by atoms with Crippen molar-refractivity contribution in [1.29, 1.82) is 0 Å². The summed E-state index contributed by atoms with van der Waals surface area (Å²) in [5, 5.41) is 9.53. The summed E-state index contributed by atoms with van der Waals surface area (Å²) in [6.45, 7) is 3.81. The van der Waals surface area contributed by atoms with Crippen LogP contribution < -0.4 is 5.73 Å². The van der Waals surface area contributed by atoms with Gasteiger partial charge in [-0.25, -0.2) is 0 Å². The highest BCUT2D eigenvalue weighted by Gasteiger charge is 2.25. The molecule has 0 spiro atoms. The second-order valence-corrected chi connectivity index (χ2v) is 5.18. The summed E-state index contributed by atoms with van der Waals surface area (Å²) < 4.78 is 0. The van der Waals surface area contributed by atoms with Crippen LogP contribution in [0.5, 0.6) is 5.75 Å². The van der Waals surface area contributed by atoms with Gasteiger partial charge in [-0.2, -0.15) is 0 Å². The summed E-state index contributed by atoms with van der Waals surface area (Å²) in [6, 6.07) is 5.40. The Morgan fingerprint density at radius 1 is 1.47 bits per heavy atom. The van der Waals surface area contributed by atoms with Crippen LogP contribution in [0.1, 0.15) is 30.9 Å². The van der Waals surface area contributed by atoms with E-state index in [1.807, 2.05) is 11.0 Å². The number of rotatable bonds is 4. The maximum atomic E-state index is 12.4. The van der Waals surface area contributed by atoms with Crippen LogP contribution in [0, 0.1) is 5.92 Å². The van der Waals surface area contributed by atoms with Crippen LogP contribution in [0.2, 0.25) is 0 Å². The first-order valence-corrected chi connectivity index (χ1v) is 6.95. The van der Waals surface area contributed by atoms with E-state index in [4.69, 9.17) is 5.73 Å². The predicted octanol–water partition coefficient (Wildman–Crippen LogP) is 1.65. The molecular formula is C15H22N2O2. The molecule has 0 aliphatic carbocycles. The second kappa shape index (κ2) is 6.06. The van der Waals surface area contributed by atoms with Gasteiger partial charge in [0.1, 0.15) is 5.75 Å². The molecule has 1 aliphatic heterocycles. The normalized spacial score (nSPS) is 16.0. The van der Waals surface area contributed by atoms with Crippen LogP contribution in [0.25, 0.3) is 0 Å². The SMILES string of the molecule is CCCC(CN)C(=O)N1CCc2ccc(O)cc2C1. The lowest BCUT2D eigenvalue weighted by atomic mass is 9.96. The average molecular weight is 262 g/mol. The van der Waals surface area contributed by atoms with E-state index in [-0.39, 0.29) is 17.6 Å². The number of phenols is 1. The molecule has 3 N–H and O–H groups in total. The van der Waals surface area contributed by atoms with Crippen LogP contribution in [0.3, 0.4) is 0 Å². The number of aromatic hydroxyl groups is 1. The zero-order chi connectivity index (χ0) is 13.8. The molecule has 0 saturated carbocycles. The number of hydrogen-bond donors (Lipinski definition) is 2. The summed E-state index contributed by atoms with van der Waals surface area (Å²) in [5.41, 5.74) is 7.97. The Kier molecular flexibility index (Phi) is 4.43. The van der Waals surface area contributed by atoms with E-state index >= 15 is 0 Å². The van der Waals surface area contributed by atoms with Crippen LogP contribution >= 0.6 is 0 Å².